The van der Waals surface area contributed by atoms with Crippen molar-refractivity contribution >= 4 is 11.5 Å². The number of rotatable bonds is 4. The van der Waals surface area contributed by atoms with Gasteiger partial charge in [0, 0.05) is 18.0 Å². The van der Waals surface area contributed by atoms with Crippen LogP contribution in [-0.4, -0.2) is 13.9 Å². The summed E-state index contributed by atoms with van der Waals surface area (Å²) in [6.45, 7) is 0.419. The van der Waals surface area contributed by atoms with Crippen LogP contribution in [0.3, 0.4) is 0 Å². The van der Waals surface area contributed by atoms with Gasteiger partial charge in [-0.05, 0) is 47.4 Å². The third-order valence-corrected chi connectivity index (χ3v) is 5.10. The van der Waals surface area contributed by atoms with E-state index in [1.165, 1.54) is 23.7 Å². The number of nitrogens with zero attached hydrogens (tertiary/aromatic N) is 4. The van der Waals surface area contributed by atoms with Crippen molar-refractivity contribution < 1.29 is 13.2 Å². The minimum atomic E-state index is -4.37. The SMILES string of the molecule is FC(F)(F)c1ccc(-c2nc(=NCc3cccnc3)sn2-c2ccccc2)cc1. The minimum absolute atomic E-state index is 0.419. The van der Waals surface area contributed by atoms with Crippen molar-refractivity contribution in [2.24, 2.45) is 4.99 Å². The summed E-state index contributed by atoms with van der Waals surface area (Å²) in [5, 5.41) is 0. The highest BCUT2D eigenvalue weighted by Gasteiger charge is 2.30. The van der Waals surface area contributed by atoms with Crippen LogP contribution in [-0.2, 0) is 12.7 Å². The maximum absolute atomic E-state index is 12.9. The zero-order chi connectivity index (χ0) is 20.3. The molecule has 29 heavy (non-hydrogen) atoms. The smallest absolute Gasteiger partial charge is 0.264 e. The van der Waals surface area contributed by atoms with Gasteiger partial charge < -0.3 is 0 Å². The molecule has 2 heterocycles. The lowest BCUT2D eigenvalue weighted by atomic mass is 10.1. The highest BCUT2D eigenvalue weighted by molar-refractivity contribution is 7.04. The first kappa shape index (κ1) is 19.1. The zero-order valence-electron chi connectivity index (χ0n) is 15.0. The highest BCUT2D eigenvalue weighted by Crippen LogP contribution is 2.31. The summed E-state index contributed by atoms with van der Waals surface area (Å²) < 4.78 is 40.5. The first-order valence-electron chi connectivity index (χ1n) is 8.73. The summed E-state index contributed by atoms with van der Waals surface area (Å²) in [5.41, 5.74) is 1.71. The van der Waals surface area contributed by atoms with Crippen molar-refractivity contribution in [2.45, 2.75) is 12.7 Å². The molecule has 0 fully saturated rings. The van der Waals surface area contributed by atoms with E-state index in [1.54, 1.807) is 12.4 Å². The molecule has 146 valence electrons. The number of alkyl halides is 3. The quantitative estimate of drug-likeness (QED) is 0.467. The lowest BCUT2D eigenvalue weighted by molar-refractivity contribution is -0.137. The van der Waals surface area contributed by atoms with E-state index in [4.69, 9.17) is 0 Å². The second-order valence-electron chi connectivity index (χ2n) is 6.19. The number of hydrogen-bond acceptors (Lipinski definition) is 4. The molecular formula is C21H15F3N4S. The monoisotopic (exact) mass is 412 g/mol. The molecule has 2 aromatic carbocycles. The summed E-state index contributed by atoms with van der Waals surface area (Å²) in [4.78, 5) is 13.7. The molecule has 0 bridgehead atoms. The summed E-state index contributed by atoms with van der Waals surface area (Å²) in [6, 6.07) is 18.3. The molecule has 0 amide bonds. The predicted octanol–water partition coefficient (Wildman–Crippen LogP) is 5.12. The van der Waals surface area contributed by atoms with Crippen LogP contribution < -0.4 is 4.80 Å². The summed E-state index contributed by atoms with van der Waals surface area (Å²) >= 11 is 1.33. The van der Waals surface area contributed by atoms with Crippen LogP contribution in [0.15, 0.2) is 84.1 Å². The van der Waals surface area contributed by atoms with Gasteiger partial charge >= 0.3 is 6.18 Å². The number of halogens is 3. The van der Waals surface area contributed by atoms with Gasteiger partial charge in [0.1, 0.15) is 0 Å². The lowest BCUT2D eigenvalue weighted by Crippen LogP contribution is -2.04. The van der Waals surface area contributed by atoms with Gasteiger partial charge in [-0.2, -0.15) is 18.2 Å². The molecule has 4 rings (SSSR count). The zero-order valence-corrected chi connectivity index (χ0v) is 15.9. The van der Waals surface area contributed by atoms with Crippen molar-refractivity contribution in [1.29, 1.82) is 0 Å². The summed E-state index contributed by atoms with van der Waals surface area (Å²) in [5.74, 6) is 0.542. The van der Waals surface area contributed by atoms with Crippen LogP contribution in [0.25, 0.3) is 17.1 Å². The average Bonchev–Trinajstić information content (AvgIpc) is 3.17. The van der Waals surface area contributed by atoms with Gasteiger partial charge in [-0.15, -0.1) is 0 Å². The first-order valence-corrected chi connectivity index (χ1v) is 9.51. The average molecular weight is 412 g/mol. The van der Waals surface area contributed by atoms with Crippen molar-refractivity contribution in [2.75, 3.05) is 0 Å². The third kappa shape index (κ3) is 4.43. The lowest BCUT2D eigenvalue weighted by Gasteiger charge is -2.09. The van der Waals surface area contributed by atoms with E-state index in [-0.39, 0.29) is 0 Å². The predicted molar refractivity (Wildman–Crippen MR) is 105 cm³/mol. The van der Waals surface area contributed by atoms with Crippen molar-refractivity contribution in [3.8, 4) is 17.1 Å². The number of aromatic nitrogens is 3. The van der Waals surface area contributed by atoms with Crippen LogP contribution in [0.1, 0.15) is 11.1 Å². The molecule has 8 heteroatoms. The Balaban J connectivity index is 1.76. The fraction of sp³-hybridized carbons (Fsp3) is 0.0952. The second kappa shape index (κ2) is 8.00. The Labute approximate surface area is 168 Å². The molecule has 0 aliphatic heterocycles. The normalized spacial score (nSPS) is 12.3. The van der Waals surface area contributed by atoms with E-state index in [0.717, 1.165) is 23.4 Å². The van der Waals surface area contributed by atoms with Crippen LogP contribution in [0, 0.1) is 0 Å². The number of hydrogen-bond donors (Lipinski definition) is 0. The maximum atomic E-state index is 12.9. The van der Waals surface area contributed by atoms with Crippen LogP contribution in [0.4, 0.5) is 13.2 Å². The summed E-state index contributed by atoms with van der Waals surface area (Å²) in [6.07, 6.45) is -0.946. The Bertz CT molecular complexity index is 1150. The fourth-order valence-corrected chi connectivity index (χ4v) is 3.60. The fourth-order valence-electron chi connectivity index (χ4n) is 2.72. The molecule has 0 aliphatic carbocycles. The van der Waals surface area contributed by atoms with Crippen molar-refractivity contribution in [3.05, 3.63) is 95.1 Å². The van der Waals surface area contributed by atoms with Gasteiger partial charge in [0.05, 0.1) is 17.8 Å². The molecule has 2 aromatic heterocycles. The minimum Gasteiger partial charge on any atom is -0.264 e. The molecule has 0 atom stereocenters. The van der Waals surface area contributed by atoms with E-state index in [0.29, 0.717) is 22.7 Å². The molecule has 0 radical (unpaired) electrons. The van der Waals surface area contributed by atoms with Gasteiger partial charge in [0.25, 0.3) is 0 Å². The van der Waals surface area contributed by atoms with Crippen LogP contribution in [0.5, 0.6) is 0 Å². The number of pyridine rings is 1. The number of benzene rings is 2. The van der Waals surface area contributed by atoms with Gasteiger partial charge in [0.15, 0.2) is 5.82 Å². The topological polar surface area (TPSA) is 43.1 Å². The largest absolute Gasteiger partial charge is 0.416 e. The molecule has 4 aromatic rings. The van der Waals surface area contributed by atoms with Crippen molar-refractivity contribution in [1.82, 2.24) is 13.9 Å². The molecule has 0 unspecified atom stereocenters. The molecule has 0 spiro atoms. The van der Waals surface area contributed by atoms with Gasteiger partial charge in [-0.3, -0.25) is 9.98 Å². The van der Waals surface area contributed by atoms with Crippen LogP contribution >= 0.6 is 11.5 Å². The van der Waals surface area contributed by atoms with E-state index < -0.39 is 11.7 Å². The second-order valence-corrected chi connectivity index (χ2v) is 7.10. The molecule has 0 N–H and O–H groups in total. The van der Waals surface area contributed by atoms with Crippen LogP contribution in [0.2, 0.25) is 0 Å². The summed E-state index contributed by atoms with van der Waals surface area (Å²) in [7, 11) is 0. The standard InChI is InChI=1S/C21H15F3N4S/c22-21(23,24)17-10-8-16(9-11-17)19-27-20(26-14-15-5-4-12-25-13-15)29-28(19)18-6-2-1-3-7-18/h1-13H,14H2. The Kier molecular flexibility index (Phi) is 5.26. The van der Waals surface area contributed by atoms with Crippen molar-refractivity contribution in [3.63, 3.8) is 0 Å². The Morgan fingerprint density at radius 2 is 1.69 bits per heavy atom. The maximum Gasteiger partial charge on any atom is 0.416 e. The Morgan fingerprint density at radius 1 is 0.931 bits per heavy atom. The Hall–Kier alpha value is -3.26. The van der Waals surface area contributed by atoms with E-state index in [1.807, 2.05) is 46.4 Å². The van der Waals surface area contributed by atoms with E-state index in [9.17, 15) is 13.2 Å². The van der Waals surface area contributed by atoms with E-state index in [2.05, 4.69) is 15.0 Å². The molecular weight excluding hydrogens is 397 g/mol. The number of para-hydroxylation sites is 1. The third-order valence-electron chi connectivity index (χ3n) is 4.15. The molecule has 0 saturated carbocycles. The van der Waals surface area contributed by atoms with E-state index >= 15 is 0 Å². The molecule has 4 nitrogen and oxygen atoms in total. The Morgan fingerprint density at radius 3 is 2.34 bits per heavy atom. The van der Waals surface area contributed by atoms with Gasteiger partial charge in [0.2, 0.25) is 4.80 Å². The highest BCUT2D eigenvalue weighted by atomic mass is 32.1. The first-order chi connectivity index (χ1) is 14.0. The molecule has 0 aliphatic rings. The van der Waals surface area contributed by atoms with Gasteiger partial charge in [-0.1, -0.05) is 36.4 Å². The molecule has 0 saturated heterocycles. The van der Waals surface area contributed by atoms with Gasteiger partial charge in [-0.25, -0.2) is 3.96 Å².